The van der Waals surface area contributed by atoms with Crippen LogP contribution in [0.15, 0.2) is 42.1 Å². The van der Waals surface area contributed by atoms with E-state index in [0.717, 1.165) is 6.26 Å². The SMILES string of the molecule is CCOc1c(C(C)Nc2ncnc3nc[nH]c23)cc(Cl)c(F)c1-c1cncc(S(C)(=O)=O)c1. The maximum absolute atomic E-state index is 15.3. The highest BCUT2D eigenvalue weighted by molar-refractivity contribution is 7.90. The molecule has 0 amide bonds. The highest BCUT2D eigenvalue weighted by Gasteiger charge is 2.25. The fourth-order valence-electron chi connectivity index (χ4n) is 3.42. The average Bonchev–Trinajstić information content (AvgIpc) is 3.26. The highest BCUT2D eigenvalue weighted by Crippen LogP contribution is 2.42. The van der Waals surface area contributed by atoms with Crippen molar-refractivity contribution in [3.05, 3.63) is 53.6 Å². The number of sulfone groups is 1. The minimum absolute atomic E-state index is 0.0281. The van der Waals surface area contributed by atoms with Gasteiger partial charge in [-0.2, -0.15) is 0 Å². The van der Waals surface area contributed by atoms with E-state index in [2.05, 4.69) is 30.2 Å². The van der Waals surface area contributed by atoms with Crippen molar-refractivity contribution < 1.29 is 17.5 Å². The third-order valence-corrected chi connectivity index (χ3v) is 6.32. The van der Waals surface area contributed by atoms with Gasteiger partial charge in [0.15, 0.2) is 27.1 Å². The van der Waals surface area contributed by atoms with Crippen LogP contribution >= 0.6 is 11.6 Å². The van der Waals surface area contributed by atoms with E-state index >= 15 is 4.39 Å². The molecule has 12 heteroatoms. The van der Waals surface area contributed by atoms with Gasteiger partial charge in [0.1, 0.15) is 17.6 Å². The van der Waals surface area contributed by atoms with Gasteiger partial charge in [-0.15, -0.1) is 0 Å². The first kappa shape index (κ1) is 22.9. The van der Waals surface area contributed by atoms with Crippen LogP contribution in [-0.4, -0.2) is 46.2 Å². The molecule has 4 rings (SSSR count). The maximum Gasteiger partial charge on any atom is 0.182 e. The average molecular weight is 491 g/mol. The van der Waals surface area contributed by atoms with Gasteiger partial charge in [-0.3, -0.25) is 4.98 Å². The number of H-pyrrole nitrogens is 1. The number of nitrogens with one attached hydrogen (secondary N) is 2. The molecule has 0 aliphatic heterocycles. The molecule has 0 radical (unpaired) electrons. The zero-order chi connectivity index (χ0) is 23.8. The summed E-state index contributed by atoms with van der Waals surface area (Å²) in [6, 6.07) is 2.39. The van der Waals surface area contributed by atoms with Crippen molar-refractivity contribution in [3.63, 3.8) is 0 Å². The smallest absolute Gasteiger partial charge is 0.182 e. The van der Waals surface area contributed by atoms with Crippen LogP contribution in [0.2, 0.25) is 5.02 Å². The third-order valence-electron chi connectivity index (χ3n) is 4.96. The van der Waals surface area contributed by atoms with Crippen LogP contribution in [0.25, 0.3) is 22.3 Å². The number of benzene rings is 1. The van der Waals surface area contributed by atoms with Crippen LogP contribution in [0, 0.1) is 5.82 Å². The molecule has 1 aromatic carbocycles. The summed E-state index contributed by atoms with van der Waals surface area (Å²) in [6.07, 6.45) is 6.52. The van der Waals surface area contributed by atoms with E-state index in [4.69, 9.17) is 16.3 Å². The van der Waals surface area contributed by atoms with E-state index in [1.807, 2.05) is 6.92 Å². The summed E-state index contributed by atoms with van der Waals surface area (Å²) in [5.41, 5.74) is 1.91. The quantitative estimate of drug-likeness (QED) is 0.395. The molecule has 9 nitrogen and oxygen atoms in total. The van der Waals surface area contributed by atoms with Gasteiger partial charge in [0.05, 0.1) is 34.5 Å². The number of anilines is 1. The molecule has 172 valence electrons. The van der Waals surface area contributed by atoms with Crippen molar-refractivity contribution in [1.29, 1.82) is 0 Å². The molecule has 0 fully saturated rings. The summed E-state index contributed by atoms with van der Waals surface area (Å²) < 4.78 is 45.2. The Labute approximate surface area is 194 Å². The molecule has 0 spiro atoms. The van der Waals surface area contributed by atoms with Gasteiger partial charge in [0, 0.05) is 29.8 Å². The number of aromatic amines is 1. The van der Waals surface area contributed by atoms with Crippen molar-refractivity contribution in [2.24, 2.45) is 0 Å². The van der Waals surface area contributed by atoms with Crippen LogP contribution < -0.4 is 10.1 Å². The normalized spacial score (nSPS) is 12.6. The summed E-state index contributed by atoms with van der Waals surface area (Å²) in [5, 5.41) is 3.11. The van der Waals surface area contributed by atoms with Crippen LogP contribution in [-0.2, 0) is 9.84 Å². The lowest BCUT2D eigenvalue weighted by molar-refractivity contribution is 0.335. The number of hydrogen-bond acceptors (Lipinski definition) is 8. The predicted octanol–water partition coefficient (Wildman–Crippen LogP) is 4.18. The number of fused-ring (bicyclic) bond motifs is 1. The fourth-order valence-corrected chi connectivity index (χ4v) is 4.23. The zero-order valence-electron chi connectivity index (χ0n) is 17.9. The number of imidazole rings is 1. The van der Waals surface area contributed by atoms with Gasteiger partial charge < -0.3 is 15.0 Å². The molecule has 0 bridgehead atoms. The monoisotopic (exact) mass is 490 g/mol. The summed E-state index contributed by atoms with van der Waals surface area (Å²) in [7, 11) is -3.56. The first-order valence-electron chi connectivity index (χ1n) is 9.91. The van der Waals surface area contributed by atoms with Gasteiger partial charge in [-0.25, -0.2) is 27.8 Å². The molecular weight excluding hydrogens is 471 g/mol. The molecule has 2 N–H and O–H groups in total. The predicted molar refractivity (Wildman–Crippen MR) is 123 cm³/mol. The van der Waals surface area contributed by atoms with Crippen molar-refractivity contribution in [3.8, 4) is 16.9 Å². The molecule has 3 aromatic heterocycles. The fraction of sp³-hybridized carbons (Fsp3) is 0.238. The van der Waals surface area contributed by atoms with Gasteiger partial charge in [0.2, 0.25) is 0 Å². The van der Waals surface area contributed by atoms with Gasteiger partial charge in [-0.05, 0) is 26.0 Å². The molecule has 0 aliphatic carbocycles. The molecule has 4 aromatic rings. The standard InChI is InChI=1S/C21H20ClFN6O3S/c1-4-32-19-14(11(2)29-21-18-20(26-9-25-18)27-10-28-21)6-15(22)17(23)16(19)12-5-13(8-24-7-12)33(3,30)31/h5-11H,4H2,1-3H3,(H2,25,26,27,28,29). The van der Waals surface area contributed by atoms with Gasteiger partial charge >= 0.3 is 0 Å². The van der Waals surface area contributed by atoms with Gasteiger partial charge in [0.25, 0.3) is 0 Å². The lowest BCUT2D eigenvalue weighted by Gasteiger charge is -2.22. The summed E-state index contributed by atoms with van der Waals surface area (Å²) in [4.78, 5) is 19.4. The number of nitrogens with zero attached hydrogens (tertiary/aromatic N) is 4. The number of hydrogen-bond donors (Lipinski definition) is 2. The van der Waals surface area contributed by atoms with Crippen LogP contribution in [0.1, 0.15) is 25.5 Å². The van der Waals surface area contributed by atoms with E-state index in [-0.39, 0.29) is 33.4 Å². The largest absolute Gasteiger partial charge is 0.493 e. The second kappa shape index (κ2) is 8.91. The Bertz CT molecular complexity index is 1440. The van der Waals surface area contributed by atoms with Crippen molar-refractivity contribution in [2.45, 2.75) is 24.8 Å². The second-order valence-electron chi connectivity index (χ2n) is 7.27. The van der Waals surface area contributed by atoms with E-state index in [1.54, 1.807) is 6.92 Å². The number of aromatic nitrogens is 5. The molecule has 0 saturated carbocycles. The lowest BCUT2D eigenvalue weighted by Crippen LogP contribution is -2.12. The van der Waals surface area contributed by atoms with E-state index in [9.17, 15) is 8.42 Å². The maximum atomic E-state index is 15.3. The topological polar surface area (TPSA) is 123 Å². The molecule has 0 saturated heterocycles. The first-order chi connectivity index (χ1) is 15.7. The molecule has 1 atom stereocenters. The summed E-state index contributed by atoms with van der Waals surface area (Å²) in [5.74, 6) is -0.0153. The second-order valence-corrected chi connectivity index (χ2v) is 9.69. The van der Waals surface area contributed by atoms with Crippen molar-refractivity contribution in [1.82, 2.24) is 24.9 Å². The summed E-state index contributed by atoms with van der Waals surface area (Å²) in [6.45, 7) is 3.85. The Hall–Kier alpha value is -3.31. The third kappa shape index (κ3) is 4.46. The first-order valence-corrected chi connectivity index (χ1v) is 12.2. The minimum atomic E-state index is -3.56. The van der Waals surface area contributed by atoms with E-state index < -0.39 is 21.7 Å². The van der Waals surface area contributed by atoms with Crippen molar-refractivity contribution >= 4 is 38.4 Å². The Morgan fingerprint density at radius 2 is 2.03 bits per heavy atom. The highest BCUT2D eigenvalue weighted by atomic mass is 35.5. The van der Waals surface area contributed by atoms with E-state index in [1.165, 1.54) is 37.2 Å². The molecular formula is C21H20ClFN6O3S. The molecule has 1 unspecified atom stereocenters. The minimum Gasteiger partial charge on any atom is -0.493 e. The Morgan fingerprint density at radius 1 is 1.24 bits per heavy atom. The molecule has 33 heavy (non-hydrogen) atoms. The number of ether oxygens (including phenoxy) is 1. The van der Waals surface area contributed by atoms with Crippen LogP contribution in [0.5, 0.6) is 5.75 Å². The van der Waals surface area contributed by atoms with E-state index in [0.29, 0.717) is 22.5 Å². The zero-order valence-corrected chi connectivity index (χ0v) is 19.5. The molecule has 0 aliphatic rings. The number of pyridine rings is 1. The van der Waals surface area contributed by atoms with Crippen LogP contribution in [0.4, 0.5) is 10.2 Å². The molecule has 3 heterocycles. The Kier molecular flexibility index (Phi) is 6.17. The number of halogens is 2. The van der Waals surface area contributed by atoms with Gasteiger partial charge in [-0.1, -0.05) is 11.6 Å². The van der Waals surface area contributed by atoms with Crippen molar-refractivity contribution in [2.75, 3.05) is 18.2 Å². The lowest BCUT2D eigenvalue weighted by atomic mass is 9.98. The summed E-state index contributed by atoms with van der Waals surface area (Å²) >= 11 is 6.26. The number of rotatable bonds is 7. The Morgan fingerprint density at radius 3 is 2.76 bits per heavy atom. The van der Waals surface area contributed by atoms with Crippen LogP contribution in [0.3, 0.4) is 0 Å². The Balaban J connectivity index is 1.86.